The Morgan fingerprint density at radius 2 is 2.12 bits per heavy atom. The van der Waals surface area contributed by atoms with Gasteiger partial charge in [-0.2, -0.15) is 0 Å². The van der Waals surface area contributed by atoms with E-state index in [9.17, 15) is 0 Å². The van der Waals surface area contributed by atoms with E-state index in [1.54, 1.807) is 0 Å². The molecule has 92 valence electrons. The van der Waals surface area contributed by atoms with E-state index in [4.69, 9.17) is 5.73 Å². The first-order valence-electron chi connectivity index (χ1n) is 6.83. The Kier molecular flexibility index (Phi) is 2.83. The highest BCUT2D eigenvalue weighted by molar-refractivity contribution is 5.60. The summed E-state index contributed by atoms with van der Waals surface area (Å²) in [4.78, 5) is 2.59. The average Bonchev–Trinajstić information content (AvgIpc) is 3.10. The molecule has 0 amide bonds. The highest BCUT2D eigenvalue weighted by Crippen LogP contribution is 2.42. The molecular weight excluding hydrogens is 208 g/mol. The topological polar surface area (TPSA) is 29.3 Å². The van der Waals surface area contributed by atoms with E-state index in [2.05, 4.69) is 36.1 Å². The number of anilines is 1. The lowest BCUT2D eigenvalue weighted by Gasteiger charge is -2.21. The van der Waals surface area contributed by atoms with Crippen molar-refractivity contribution in [2.24, 2.45) is 17.6 Å². The van der Waals surface area contributed by atoms with Gasteiger partial charge in [0.25, 0.3) is 0 Å². The molecule has 0 bridgehead atoms. The smallest absolute Gasteiger partial charge is 0.0402 e. The third-order valence-corrected chi connectivity index (χ3v) is 4.33. The van der Waals surface area contributed by atoms with Crippen LogP contribution in [0.5, 0.6) is 0 Å². The number of benzene rings is 1. The molecule has 1 heterocycles. The lowest BCUT2D eigenvalue weighted by atomic mass is 9.89. The standard InChI is InChI=1S/C15H22N2/c1-11(8-16)14-10-17(9-12-6-7-12)15-5-3-2-4-13(14)15/h2-5,11-12,14H,6-10,16H2,1H3. The zero-order valence-corrected chi connectivity index (χ0v) is 10.6. The minimum Gasteiger partial charge on any atom is -0.370 e. The maximum Gasteiger partial charge on any atom is 0.0402 e. The van der Waals surface area contributed by atoms with Crippen LogP contribution in [0.3, 0.4) is 0 Å². The summed E-state index contributed by atoms with van der Waals surface area (Å²) in [6.07, 6.45) is 2.85. The summed E-state index contributed by atoms with van der Waals surface area (Å²) in [6.45, 7) is 5.50. The quantitative estimate of drug-likeness (QED) is 0.861. The Morgan fingerprint density at radius 3 is 2.82 bits per heavy atom. The van der Waals surface area contributed by atoms with Crippen LogP contribution in [0.25, 0.3) is 0 Å². The summed E-state index contributed by atoms with van der Waals surface area (Å²) in [5, 5.41) is 0. The van der Waals surface area contributed by atoms with Crippen LogP contribution in [-0.2, 0) is 0 Å². The predicted octanol–water partition coefficient (Wildman–Crippen LogP) is 2.60. The molecular formula is C15H22N2. The van der Waals surface area contributed by atoms with Gasteiger partial charge in [0, 0.05) is 24.7 Å². The van der Waals surface area contributed by atoms with Gasteiger partial charge in [-0.1, -0.05) is 25.1 Å². The largest absolute Gasteiger partial charge is 0.370 e. The van der Waals surface area contributed by atoms with Crippen molar-refractivity contribution in [1.82, 2.24) is 0 Å². The zero-order valence-electron chi connectivity index (χ0n) is 10.6. The van der Waals surface area contributed by atoms with Gasteiger partial charge in [0.05, 0.1) is 0 Å². The summed E-state index contributed by atoms with van der Waals surface area (Å²) < 4.78 is 0. The molecule has 3 rings (SSSR count). The van der Waals surface area contributed by atoms with Gasteiger partial charge >= 0.3 is 0 Å². The average molecular weight is 230 g/mol. The molecule has 1 saturated carbocycles. The lowest BCUT2D eigenvalue weighted by Crippen LogP contribution is -2.28. The Bertz CT molecular complexity index is 398. The van der Waals surface area contributed by atoms with Crippen LogP contribution in [-0.4, -0.2) is 19.6 Å². The molecule has 2 heteroatoms. The molecule has 0 spiro atoms. The van der Waals surface area contributed by atoms with Crippen LogP contribution in [0.15, 0.2) is 24.3 Å². The van der Waals surface area contributed by atoms with Crippen molar-refractivity contribution in [3.05, 3.63) is 29.8 Å². The summed E-state index contributed by atoms with van der Waals surface area (Å²) in [5.74, 6) is 2.17. The molecule has 0 aromatic heterocycles. The molecule has 2 aliphatic rings. The van der Waals surface area contributed by atoms with Crippen molar-refractivity contribution in [1.29, 1.82) is 0 Å². The van der Waals surface area contributed by atoms with Gasteiger partial charge in [-0.3, -0.25) is 0 Å². The fourth-order valence-electron chi connectivity index (χ4n) is 2.96. The summed E-state index contributed by atoms with van der Waals surface area (Å²) in [7, 11) is 0. The molecule has 1 aliphatic carbocycles. The molecule has 2 unspecified atom stereocenters. The van der Waals surface area contributed by atoms with Crippen LogP contribution in [0.2, 0.25) is 0 Å². The molecule has 0 radical (unpaired) electrons. The summed E-state index contributed by atoms with van der Waals surface area (Å²) in [6, 6.07) is 8.89. The fraction of sp³-hybridized carbons (Fsp3) is 0.600. The van der Waals surface area contributed by atoms with Crippen molar-refractivity contribution in [3.63, 3.8) is 0 Å². The van der Waals surface area contributed by atoms with Gasteiger partial charge in [0.2, 0.25) is 0 Å². The van der Waals surface area contributed by atoms with Crippen molar-refractivity contribution >= 4 is 5.69 Å². The molecule has 1 aromatic rings. The molecule has 2 atom stereocenters. The second-order valence-corrected chi connectivity index (χ2v) is 5.73. The van der Waals surface area contributed by atoms with E-state index in [1.807, 2.05) is 0 Å². The highest BCUT2D eigenvalue weighted by atomic mass is 15.2. The Morgan fingerprint density at radius 1 is 1.35 bits per heavy atom. The second kappa shape index (κ2) is 4.34. The first-order chi connectivity index (χ1) is 8.29. The SMILES string of the molecule is CC(CN)C1CN(CC2CC2)c2ccccc21. The lowest BCUT2D eigenvalue weighted by molar-refractivity contribution is 0.481. The van der Waals surface area contributed by atoms with Crippen molar-refractivity contribution in [2.75, 3.05) is 24.5 Å². The minimum absolute atomic E-state index is 0.584. The molecule has 1 fully saturated rings. The number of nitrogens with two attached hydrogens (primary N) is 1. The van der Waals surface area contributed by atoms with E-state index in [1.165, 1.54) is 37.2 Å². The molecule has 17 heavy (non-hydrogen) atoms. The van der Waals surface area contributed by atoms with Gasteiger partial charge < -0.3 is 10.6 Å². The van der Waals surface area contributed by atoms with Crippen LogP contribution >= 0.6 is 0 Å². The number of para-hydroxylation sites is 1. The van der Waals surface area contributed by atoms with Crippen molar-refractivity contribution in [3.8, 4) is 0 Å². The third kappa shape index (κ3) is 2.06. The monoisotopic (exact) mass is 230 g/mol. The normalized spacial score (nSPS) is 24.8. The first kappa shape index (κ1) is 11.1. The van der Waals surface area contributed by atoms with Crippen molar-refractivity contribution in [2.45, 2.75) is 25.7 Å². The highest BCUT2D eigenvalue weighted by Gasteiger charge is 2.34. The van der Waals surface area contributed by atoms with E-state index >= 15 is 0 Å². The molecule has 2 nitrogen and oxygen atoms in total. The molecule has 2 N–H and O–H groups in total. The van der Waals surface area contributed by atoms with Gasteiger partial charge in [0.15, 0.2) is 0 Å². The maximum atomic E-state index is 5.85. The van der Waals surface area contributed by atoms with Gasteiger partial charge in [0.1, 0.15) is 0 Å². The summed E-state index contributed by atoms with van der Waals surface area (Å²) in [5.41, 5.74) is 8.83. The summed E-state index contributed by atoms with van der Waals surface area (Å²) >= 11 is 0. The predicted molar refractivity (Wildman–Crippen MR) is 72.3 cm³/mol. The van der Waals surface area contributed by atoms with Gasteiger partial charge in [-0.25, -0.2) is 0 Å². The molecule has 0 saturated heterocycles. The minimum atomic E-state index is 0.584. The van der Waals surface area contributed by atoms with Crippen LogP contribution in [0.1, 0.15) is 31.2 Å². The Labute approximate surface area is 104 Å². The van der Waals surface area contributed by atoms with Gasteiger partial charge in [-0.15, -0.1) is 0 Å². The van der Waals surface area contributed by atoms with Gasteiger partial charge in [-0.05, 0) is 42.9 Å². The van der Waals surface area contributed by atoms with E-state index < -0.39 is 0 Å². The Hall–Kier alpha value is -1.02. The Balaban J connectivity index is 1.85. The van der Waals surface area contributed by atoms with Crippen LogP contribution in [0.4, 0.5) is 5.69 Å². The van der Waals surface area contributed by atoms with E-state index in [0.29, 0.717) is 11.8 Å². The third-order valence-electron chi connectivity index (χ3n) is 4.33. The number of hydrogen-bond donors (Lipinski definition) is 1. The molecule has 1 aliphatic heterocycles. The second-order valence-electron chi connectivity index (χ2n) is 5.73. The zero-order chi connectivity index (χ0) is 11.8. The fourth-order valence-corrected chi connectivity index (χ4v) is 2.96. The van der Waals surface area contributed by atoms with Crippen molar-refractivity contribution < 1.29 is 0 Å². The number of fused-ring (bicyclic) bond motifs is 1. The number of hydrogen-bond acceptors (Lipinski definition) is 2. The first-order valence-corrected chi connectivity index (χ1v) is 6.83. The van der Waals surface area contributed by atoms with E-state index in [0.717, 1.165) is 12.5 Å². The molecule has 1 aromatic carbocycles. The number of rotatable bonds is 4. The maximum absolute atomic E-state index is 5.85. The van der Waals surface area contributed by atoms with Crippen LogP contribution in [0, 0.1) is 11.8 Å². The number of nitrogens with zero attached hydrogens (tertiary/aromatic N) is 1. The van der Waals surface area contributed by atoms with Crippen LogP contribution < -0.4 is 10.6 Å². The van der Waals surface area contributed by atoms with E-state index in [-0.39, 0.29) is 0 Å².